The van der Waals surface area contributed by atoms with E-state index < -0.39 is 0 Å². The highest BCUT2D eigenvalue weighted by molar-refractivity contribution is 5.41. The van der Waals surface area contributed by atoms with Crippen molar-refractivity contribution in [1.82, 2.24) is 9.55 Å². The van der Waals surface area contributed by atoms with Crippen molar-refractivity contribution in [1.29, 1.82) is 0 Å². The van der Waals surface area contributed by atoms with Gasteiger partial charge in [-0.15, -0.1) is 6.42 Å². The molecule has 20 heavy (non-hydrogen) atoms. The lowest BCUT2D eigenvalue weighted by molar-refractivity contribution is 0.762. The molecule has 3 rings (SSSR count). The lowest BCUT2D eigenvalue weighted by atomic mass is 10.1. The van der Waals surface area contributed by atoms with Crippen molar-refractivity contribution in [2.45, 2.75) is 38.1 Å². The zero-order chi connectivity index (χ0) is 13.9. The van der Waals surface area contributed by atoms with E-state index in [2.05, 4.69) is 30.2 Å². The standard InChI is InChI=1S/C17H19N3/c1-2-12-20-16(18)15(19-17(20)14-9-10-14)11-8-13-6-4-3-5-7-13/h1,3-7,14H,8-12,18H2. The fourth-order valence-corrected chi connectivity index (χ4v) is 2.54. The molecule has 0 bridgehead atoms. The van der Waals surface area contributed by atoms with Crippen molar-refractivity contribution in [3.63, 3.8) is 0 Å². The van der Waals surface area contributed by atoms with Gasteiger partial charge in [-0.25, -0.2) is 4.98 Å². The molecule has 0 unspecified atom stereocenters. The third-order valence-corrected chi connectivity index (χ3v) is 3.80. The van der Waals surface area contributed by atoms with E-state index >= 15 is 0 Å². The Bertz CT molecular complexity index is 630. The van der Waals surface area contributed by atoms with E-state index in [9.17, 15) is 0 Å². The summed E-state index contributed by atoms with van der Waals surface area (Å²) in [5.74, 6) is 5.08. The lowest BCUT2D eigenvalue weighted by Gasteiger charge is -2.04. The molecule has 0 atom stereocenters. The second kappa shape index (κ2) is 5.42. The van der Waals surface area contributed by atoms with Crippen molar-refractivity contribution in [3.8, 4) is 12.3 Å². The highest BCUT2D eigenvalue weighted by atomic mass is 15.1. The first-order valence-electron chi connectivity index (χ1n) is 7.11. The molecule has 1 heterocycles. The van der Waals surface area contributed by atoms with Gasteiger partial charge in [-0.2, -0.15) is 0 Å². The number of rotatable bonds is 5. The van der Waals surface area contributed by atoms with Gasteiger partial charge in [0.2, 0.25) is 0 Å². The molecule has 2 aromatic rings. The molecule has 0 spiro atoms. The highest BCUT2D eigenvalue weighted by Crippen LogP contribution is 2.40. The normalized spacial score (nSPS) is 14.2. The van der Waals surface area contributed by atoms with Crippen molar-refractivity contribution >= 4 is 5.82 Å². The van der Waals surface area contributed by atoms with Crippen LogP contribution >= 0.6 is 0 Å². The second-order valence-electron chi connectivity index (χ2n) is 5.35. The fraction of sp³-hybridized carbons (Fsp3) is 0.353. The van der Waals surface area contributed by atoms with Crippen LogP contribution in [0.2, 0.25) is 0 Å². The van der Waals surface area contributed by atoms with E-state index in [4.69, 9.17) is 17.1 Å². The predicted molar refractivity (Wildman–Crippen MR) is 81.3 cm³/mol. The van der Waals surface area contributed by atoms with Crippen molar-refractivity contribution in [2.75, 3.05) is 5.73 Å². The average molecular weight is 265 g/mol. The predicted octanol–water partition coefficient (Wildman–Crippen LogP) is 2.76. The number of nitrogens with two attached hydrogens (primary N) is 1. The number of benzene rings is 1. The molecule has 0 saturated heterocycles. The maximum Gasteiger partial charge on any atom is 0.127 e. The summed E-state index contributed by atoms with van der Waals surface area (Å²) in [6.45, 7) is 0.524. The van der Waals surface area contributed by atoms with E-state index in [0.29, 0.717) is 12.5 Å². The number of aryl methyl sites for hydroxylation is 2. The van der Waals surface area contributed by atoms with Gasteiger partial charge in [-0.3, -0.25) is 0 Å². The van der Waals surface area contributed by atoms with Crippen LogP contribution in [0, 0.1) is 12.3 Å². The first-order valence-corrected chi connectivity index (χ1v) is 7.11. The monoisotopic (exact) mass is 265 g/mol. The number of hydrogen-bond acceptors (Lipinski definition) is 2. The molecule has 102 valence electrons. The second-order valence-corrected chi connectivity index (χ2v) is 5.35. The van der Waals surface area contributed by atoms with E-state index in [0.717, 1.165) is 30.2 Å². The number of imidazole rings is 1. The summed E-state index contributed by atoms with van der Waals surface area (Å²) in [5, 5.41) is 0. The maximum absolute atomic E-state index is 6.22. The van der Waals surface area contributed by atoms with Crippen LogP contribution in [0.15, 0.2) is 30.3 Å². The summed E-state index contributed by atoms with van der Waals surface area (Å²) >= 11 is 0. The molecule has 3 heteroatoms. The number of nitrogen functional groups attached to an aromatic ring is 1. The van der Waals surface area contributed by atoms with Crippen LogP contribution in [0.1, 0.15) is 35.8 Å². The molecule has 3 nitrogen and oxygen atoms in total. The summed E-state index contributed by atoms with van der Waals surface area (Å²) in [7, 11) is 0. The summed E-state index contributed by atoms with van der Waals surface area (Å²) in [5.41, 5.74) is 8.53. The Morgan fingerprint density at radius 1 is 1.25 bits per heavy atom. The number of aromatic nitrogens is 2. The number of anilines is 1. The molecule has 1 aliphatic carbocycles. The minimum Gasteiger partial charge on any atom is -0.384 e. The van der Waals surface area contributed by atoms with Gasteiger partial charge in [0.05, 0.1) is 12.2 Å². The smallest absolute Gasteiger partial charge is 0.127 e. The third-order valence-electron chi connectivity index (χ3n) is 3.80. The molecule has 0 amide bonds. The summed E-state index contributed by atoms with van der Waals surface area (Å²) < 4.78 is 2.01. The van der Waals surface area contributed by atoms with Crippen LogP contribution in [0.25, 0.3) is 0 Å². The molecule has 0 aliphatic heterocycles. The molecule has 0 radical (unpaired) electrons. The van der Waals surface area contributed by atoms with Crippen molar-refractivity contribution < 1.29 is 0 Å². The van der Waals surface area contributed by atoms with Crippen LogP contribution in [-0.4, -0.2) is 9.55 Å². The topological polar surface area (TPSA) is 43.8 Å². The van der Waals surface area contributed by atoms with Gasteiger partial charge in [0, 0.05) is 5.92 Å². The SMILES string of the molecule is C#CCn1c(C2CC2)nc(CCc2ccccc2)c1N. The molecule has 1 aromatic carbocycles. The van der Waals surface area contributed by atoms with Gasteiger partial charge >= 0.3 is 0 Å². The Morgan fingerprint density at radius 3 is 2.65 bits per heavy atom. The van der Waals surface area contributed by atoms with Gasteiger partial charge in [-0.1, -0.05) is 36.3 Å². The van der Waals surface area contributed by atoms with Gasteiger partial charge in [-0.05, 0) is 31.2 Å². The first kappa shape index (κ1) is 12.8. The molecule has 2 N–H and O–H groups in total. The molecule has 1 fully saturated rings. The quantitative estimate of drug-likeness (QED) is 0.845. The minimum absolute atomic E-state index is 0.524. The number of nitrogens with zero attached hydrogens (tertiary/aromatic N) is 2. The van der Waals surface area contributed by atoms with Crippen molar-refractivity contribution in [2.24, 2.45) is 0 Å². The third kappa shape index (κ3) is 2.55. The highest BCUT2D eigenvalue weighted by Gasteiger charge is 2.30. The van der Waals surface area contributed by atoms with Crippen molar-refractivity contribution in [3.05, 3.63) is 47.4 Å². The van der Waals surface area contributed by atoms with Crippen LogP contribution in [0.4, 0.5) is 5.82 Å². The summed E-state index contributed by atoms with van der Waals surface area (Å²) in [6, 6.07) is 10.4. The van der Waals surface area contributed by atoms with E-state index in [-0.39, 0.29) is 0 Å². The lowest BCUT2D eigenvalue weighted by Crippen LogP contribution is -2.06. The number of hydrogen-bond donors (Lipinski definition) is 1. The Labute approximate surface area is 119 Å². The van der Waals surface area contributed by atoms with Gasteiger partial charge in [0.25, 0.3) is 0 Å². The minimum atomic E-state index is 0.524. The molecule has 1 aliphatic rings. The van der Waals surface area contributed by atoms with E-state index in [1.165, 1.54) is 18.4 Å². The van der Waals surface area contributed by atoms with Crippen LogP contribution in [-0.2, 0) is 19.4 Å². The Kier molecular flexibility index (Phi) is 3.47. The maximum atomic E-state index is 6.22. The van der Waals surface area contributed by atoms with E-state index in [1.54, 1.807) is 0 Å². The Balaban J connectivity index is 1.79. The Hall–Kier alpha value is -2.21. The van der Waals surface area contributed by atoms with Gasteiger partial charge in [0.1, 0.15) is 11.6 Å². The van der Waals surface area contributed by atoms with Crippen LogP contribution in [0.3, 0.4) is 0 Å². The Morgan fingerprint density at radius 2 is 2.00 bits per heavy atom. The summed E-state index contributed by atoms with van der Waals surface area (Å²) in [6.07, 6.45) is 9.68. The van der Waals surface area contributed by atoms with Gasteiger partial charge in [0.15, 0.2) is 0 Å². The molecular weight excluding hydrogens is 246 g/mol. The number of terminal acetylenes is 1. The molecule has 1 saturated carbocycles. The zero-order valence-electron chi connectivity index (χ0n) is 11.5. The molecular formula is C17H19N3. The average Bonchev–Trinajstić information content (AvgIpc) is 3.27. The van der Waals surface area contributed by atoms with Crippen LogP contribution in [0.5, 0.6) is 0 Å². The zero-order valence-corrected chi connectivity index (χ0v) is 11.5. The van der Waals surface area contributed by atoms with E-state index in [1.807, 2.05) is 10.6 Å². The van der Waals surface area contributed by atoms with Gasteiger partial charge < -0.3 is 10.3 Å². The van der Waals surface area contributed by atoms with Crippen LogP contribution < -0.4 is 5.73 Å². The molecule has 1 aromatic heterocycles. The fourth-order valence-electron chi connectivity index (χ4n) is 2.54. The largest absolute Gasteiger partial charge is 0.384 e. The first-order chi connectivity index (χ1) is 9.79. The summed E-state index contributed by atoms with van der Waals surface area (Å²) in [4.78, 5) is 4.75.